The normalized spacial score (nSPS) is 10.7. The Morgan fingerprint density at radius 2 is 1.93 bits per heavy atom. The number of primary amides is 1. The lowest BCUT2D eigenvalue weighted by Crippen LogP contribution is -2.28. The van der Waals surface area contributed by atoms with Crippen LogP contribution < -0.4 is 16.6 Å². The molecule has 0 unspecified atom stereocenters. The number of benzene rings is 1. The molecule has 0 spiro atoms. The molecule has 0 fully saturated rings. The van der Waals surface area contributed by atoms with Gasteiger partial charge < -0.3 is 15.8 Å². The summed E-state index contributed by atoms with van der Waals surface area (Å²) in [7, 11) is 0. The zero-order valence-electron chi connectivity index (χ0n) is 15.7. The van der Waals surface area contributed by atoms with E-state index in [2.05, 4.69) is 10.3 Å². The number of anilines is 1. The average molecular weight is 414 g/mol. The Morgan fingerprint density at radius 1 is 1.24 bits per heavy atom. The molecule has 3 aromatic rings. The van der Waals surface area contributed by atoms with Crippen molar-refractivity contribution in [3.63, 3.8) is 0 Å². The summed E-state index contributed by atoms with van der Waals surface area (Å²) in [5.74, 6) is -1.52. The monoisotopic (exact) mass is 414 g/mol. The predicted molar refractivity (Wildman–Crippen MR) is 108 cm³/mol. The molecular weight excluding hydrogens is 396 g/mol. The Kier molecular flexibility index (Phi) is 5.74. The largest absolute Gasteiger partial charge is 0.462 e. The number of aromatic nitrogens is 2. The molecule has 0 saturated heterocycles. The summed E-state index contributed by atoms with van der Waals surface area (Å²) in [4.78, 5) is 53.0. The standard InChI is InChI=1S/C19H18N4O5S/c1-3-28-19(27)11-4-6-12(7-5-11)22-13(24)8-23-9-21-17-14(18(23)26)10(2)15(29-17)16(20)25/h4-7,9H,3,8H2,1-2H3,(H2,20,25)(H,22,24). The highest BCUT2D eigenvalue weighted by atomic mass is 32.1. The summed E-state index contributed by atoms with van der Waals surface area (Å²) in [6.07, 6.45) is 1.26. The van der Waals surface area contributed by atoms with Gasteiger partial charge in [0, 0.05) is 5.69 Å². The van der Waals surface area contributed by atoms with Gasteiger partial charge in [-0.2, -0.15) is 0 Å². The molecule has 29 heavy (non-hydrogen) atoms. The van der Waals surface area contributed by atoms with E-state index in [1.165, 1.54) is 18.5 Å². The van der Waals surface area contributed by atoms with Crippen LogP contribution in [0.3, 0.4) is 0 Å². The summed E-state index contributed by atoms with van der Waals surface area (Å²) in [5.41, 5.74) is 6.19. The van der Waals surface area contributed by atoms with Crippen molar-refractivity contribution in [2.75, 3.05) is 11.9 Å². The number of aryl methyl sites for hydroxylation is 1. The number of nitrogens with one attached hydrogen (secondary N) is 1. The lowest BCUT2D eigenvalue weighted by Gasteiger charge is -2.08. The molecule has 0 aliphatic heterocycles. The molecule has 3 rings (SSSR count). The van der Waals surface area contributed by atoms with Crippen LogP contribution in [0.15, 0.2) is 35.4 Å². The zero-order valence-corrected chi connectivity index (χ0v) is 16.5. The van der Waals surface area contributed by atoms with Gasteiger partial charge in [0.25, 0.3) is 11.5 Å². The number of esters is 1. The number of nitrogens with zero attached hydrogens (tertiary/aromatic N) is 2. The fourth-order valence-corrected chi connectivity index (χ4v) is 3.76. The number of carbonyl (C=O) groups is 3. The second kappa shape index (κ2) is 8.23. The molecule has 0 saturated carbocycles. The number of amides is 2. The molecule has 2 heterocycles. The molecule has 150 valence electrons. The molecule has 0 aliphatic rings. The molecule has 0 bridgehead atoms. The van der Waals surface area contributed by atoms with Crippen molar-refractivity contribution in [3.05, 3.63) is 57.0 Å². The first-order chi connectivity index (χ1) is 13.8. The Morgan fingerprint density at radius 3 is 2.55 bits per heavy atom. The molecule has 0 atom stereocenters. The van der Waals surface area contributed by atoms with Gasteiger partial charge >= 0.3 is 5.97 Å². The van der Waals surface area contributed by atoms with Crippen LogP contribution in [0.4, 0.5) is 5.69 Å². The summed E-state index contributed by atoms with van der Waals surface area (Å²) in [5, 5.41) is 2.93. The number of fused-ring (bicyclic) bond motifs is 1. The number of hydrogen-bond donors (Lipinski definition) is 2. The highest BCUT2D eigenvalue weighted by Gasteiger charge is 2.18. The maximum atomic E-state index is 12.7. The third-order valence-electron chi connectivity index (χ3n) is 4.13. The van der Waals surface area contributed by atoms with Crippen molar-refractivity contribution in [1.29, 1.82) is 0 Å². The molecular formula is C19H18N4O5S. The molecule has 0 radical (unpaired) electrons. The lowest BCUT2D eigenvalue weighted by atomic mass is 10.2. The van der Waals surface area contributed by atoms with E-state index in [9.17, 15) is 19.2 Å². The number of carbonyl (C=O) groups excluding carboxylic acids is 3. The molecule has 3 N–H and O–H groups in total. The van der Waals surface area contributed by atoms with Crippen LogP contribution >= 0.6 is 11.3 Å². The summed E-state index contributed by atoms with van der Waals surface area (Å²) in [6.45, 7) is 3.35. The van der Waals surface area contributed by atoms with Crippen molar-refractivity contribution in [2.24, 2.45) is 5.73 Å². The van der Waals surface area contributed by atoms with Gasteiger partial charge in [-0.3, -0.25) is 19.0 Å². The molecule has 9 nitrogen and oxygen atoms in total. The van der Waals surface area contributed by atoms with Crippen molar-refractivity contribution in [1.82, 2.24) is 9.55 Å². The van der Waals surface area contributed by atoms with Crippen LogP contribution in [0.5, 0.6) is 0 Å². The number of thiophene rings is 1. The first kappa shape index (κ1) is 20.2. The summed E-state index contributed by atoms with van der Waals surface area (Å²) < 4.78 is 6.06. The van der Waals surface area contributed by atoms with Gasteiger partial charge in [-0.25, -0.2) is 9.78 Å². The Bertz CT molecular complexity index is 1160. The molecule has 2 amide bonds. The van der Waals surface area contributed by atoms with E-state index in [4.69, 9.17) is 10.5 Å². The lowest BCUT2D eigenvalue weighted by molar-refractivity contribution is -0.116. The average Bonchev–Trinajstić information content (AvgIpc) is 3.02. The van der Waals surface area contributed by atoms with Crippen LogP contribution in [-0.2, 0) is 16.1 Å². The van der Waals surface area contributed by atoms with Crippen molar-refractivity contribution >= 4 is 45.0 Å². The van der Waals surface area contributed by atoms with E-state index in [0.29, 0.717) is 21.6 Å². The zero-order chi connectivity index (χ0) is 21.1. The van der Waals surface area contributed by atoms with E-state index in [-0.39, 0.29) is 23.4 Å². The Balaban J connectivity index is 1.77. The van der Waals surface area contributed by atoms with Crippen LogP contribution in [-0.4, -0.2) is 33.9 Å². The topological polar surface area (TPSA) is 133 Å². The summed E-state index contributed by atoms with van der Waals surface area (Å²) in [6, 6.07) is 6.20. The quantitative estimate of drug-likeness (QED) is 0.590. The van der Waals surface area contributed by atoms with E-state index in [1.807, 2.05) is 0 Å². The van der Waals surface area contributed by atoms with Gasteiger partial charge in [0.05, 0.1) is 28.8 Å². The minimum atomic E-state index is -0.625. The maximum Gasteiger partial charge on any atom is 0.338 e. The first-order valence-electron chi connectivity index (χ1n) is 8.67. The Hall–Kier alpha value is -3.53. The SMILES string of the molecule is CCOC(=O)c1ccc(NC(=O)Cn2cnc3sc(C(N)=O)c(C)c3c2=O)cc1. The predicted octanol–water partition coefficient (Wildman–Crippen LogP) is 1.68. The van der Waals surface area contributed by atoms with Crippen LogP contribution in [0.1, 0.15) is 32.5 Å². The third kappa shape index (κ3) is 4.16. The number of hydrogen-bond acceptors (Lipinski definition) is 7. The minimum absolute atomic E-state index is 0.261. The molecule has 0 aliphatic carbocycles. The molecule has 2 aromatic heterocycles. The van der Waals surface area contributed by atoms with Gasteiger partial charge in [-0.15, -0.1) is 11.3 Å². The van der Waals surface area contributed by atoms with Gasteiger partial charge in [-0.05, 0) is 43.7 Å². The fraction of sp³-hybridized carbons (Fsp3) is 0.211. The number of rotatable bonds is 6. The second-order valence-corrected chi connectivity index (χ2v) is 7.12. The van der Waals surface area contributed by atoms with Gasteiger partial charge in [0.2, 0.25) is 5.91 Å². The minimum Gasteiger partial charge on any atom is -0.462 e. The van der Waals surface area contributed by atoms with Crippen LogP contribution in [0, 0.1) is 6.92 Å². The number of nitrogens with two attached hydrogens (primary N) is 1. The number of ether oxygens (including phenoxy) is 1. The third-order valence-corrected chi connectivity index (χ3v) is 5.35. The molecule has 1 aromatic carbocycles. The highest BCUT2D eigenvalue weighted by molar-refractivity contribution is 7.20. The second-order valence-electron chi connectivity index (χ2n) is 6.12. The van der Waals surface area contributed by atoms with Crippen molar-refractivity contribution in [3.8, 4) is 0 Å². The Labute approximate surface area is 169 Å². The first-order valence-corrected chi connectivity index (χ1v) is 9.48. The van der Waals surface area contributed by atoms with E-state index >= 15 is 0 Å². The maximum absolute atomic E-state index is 12.7. The van der Waals surface area contributed by atoms with E-state index < -0.39 is 23.3 Å². The van der Waals surface area contributed by atoms with Gasteiger partial charge in [0.1, 0.15) is 11.4 Å². The van der Waals surface area contributed by atoms with Crippen LogP contribution in [0.25, 0.3) is 10.2 Å². The highest BCUT2D eigenvalue weighted by Crippen LogP contribution is 2.26. The summed E-state index contributed by atoms with van der Waals surface area (Å²) >= 11 is 1.05. The van der Waals surface area contributed by atoms with E-state index in [0.717, 1.165) is 15.9 Å². The van der Waals surface area contributed by atoms with Crippen molar-refractivity contribution < 1.29 is 19.1 Å². The molecule has 10 heteroatoms. The fourth-order valence-electron chi connectivity index (χ4n) is 2.77. The van der Waals surface area contributed by atoms with E-state index in [1.54, 1.807) is 26.0 Å². The smallest absolute Gasteiger partial charge is 0.338 e. The van der Waals surface area contributed by atoms with Crippen molar-refractivity contribution in [2.45, 2.75) is 20.4 Å². The van der Waals surface area contributed by atoms with Gasteiger partial charge in [-0.1, -0.05) is 0 Å². The van der Waals surface area contributed by atoms with Gasteiger partial charge in [0.15, 0.2) is 0 Å². The van der Waals surface area contributed by atoms with Crippen LogP contribution in [0.2, 0.25) is 0 Å².